The fourth-order valence-corrected chi connectivity index (χ4v) is 2.39. The lowest BCUT2D eigenvalue weighted by Gasteiger charge is -2.26. The maximum Gasteiger partial charge on any atom is 0.273 e. The first kappa shape index (κ1) is 13.0. The average Bonchev–Trinajstić information content (AvgIpc) is 2.98. The van der Waals surface area contributed by atoms with Crippen LogP contribution in [0.3, 0.4) is 0 Å². The Balaban J connectivity index is 2.18. The number of nitriles is 2. The fourth-order valence-electron chi connectivity index (χ4n) is 2.39. The molecule has 1 heterocycles. The van der Waals surface area contributed by atoms with Crippen molar-refractivity contribution in [2.75, 3.05) is 6.54 Å². The Morgan fingerprint density at radius 3 is 2.63 bits per heavy atom. The van der Waals surface area contributed by atoms with Crippen LogP contribution < -0.4 is 0 Å². The molecule has 19 heavy (non-hydrogen) atoms. The highest BCUT2D eigenvalue weighted by molar-refractivity contribution is 5.92. The van der Waals surface area contributed by atoms with Gasteiger partial charge in [0.15, 0.2) is 0 Å². The smallest absolute Gasteiger partial charge is 0.273 e. The Bertz CT molecular complexity index is 532. The van der Waals surface area contributed by atoms with E-state index in [9.17, 15) is 4.79 Å². The highest BCUT2D eigenvalue weighted by atomic mass is 16.2. The van der Waals surface area contributed by atoms with Crippen LogP contribution in [0.15, 0.2) is 18.3 Å². The van der Waals surface area contributed by atoms with Gasteiger partial charge in [-0.25, -0.2) is 4.98 Å². The van der Waals surface area contributed by atoms with Gasteiger partial charge in [0.25, 0.3) is 5.91 Å². The molecule has 1 amide bonds. The van der Waals surface area contributed by atoms with Gasteiger partial charge in [0, 0.05) is 12.2 Å². The number of nitrogens with zero attached hydrogens (tertiary/aromatic N) is 4. The number of carbonyl (C=O) groups excluding carboxylic acids is 1. The highest BCUT2D eigenvalue weighted by Crippen LogP contribution is 2.24. The summed E-state index contributed by atoms with van der Waals surface area (Å²) in [6.45, 7) is 0.0885. The largest absolute Gasteiger partial charge is 0.321 e. The van der Waals surface area contributed by atoms with Crippen LogP contribution in [0.1, 0.15) is 41.7 Å². The molecule has 5 heteroatoms. The summed E-state index contributed by atoms with van der Waals surface area (Å²) in [6.07, 6.45) is 5.47. The third-order valence-electron chi connectivity index (χ3n) is 3.38. The molecule has 5 nitrogen and oxygen atoms in total. The number of rotatable bonds is 3. The molecule has 1 aromatic heterocycles. The molecular formula is C14H14N4O. The number of aromatic nitrogens is 1. The van der Waals surface area contributed by atoms with Gasteiger partial charge in [0.2, 0.25) is 0 Å². The Kier molecular flexibility index (Phi) is 4.10. The molecule has 0 atom stereocenters. The second kappa shape index (κ2) is 5.97. The molecule has 0 N–H and O–H groups in total. The summed E-state index contributed by atoms with van der Waals surface area (Å²) < 4.78 is 0. The quantitative estimate of drug-likeness (QED) is 0.771. The Labute approximate surface area is 112 Å². The van der Waals surface area contributed by atoms with E-state index in [1.807, 2.05) is 12.1 Å². The van der Waals surface area contributed by atoms with Gasteiger partial charge in [0.05, 0.1) is 11.6 Å². The first-order valence-electron chi connectivity index (χ1n) is 6.30. The Hall–Kier alpha value is -2.40. The molecule has 1 saturated carbocycles. The van der Waals surface area contributed by atoms with Gasteiger partial charge in [-0.05, 0) is 25.0 Å². The zero-order chi connectivity index (χ0) is 13.7. The molecule has 0 radical (unpaired) electrons. The van der Waals surface area contributed by atoms with E-state index in [4.69, 9.17) is 10.5 Å². The van der Waals surface area contributed by atoms with Gasteiger partial charge < -0.3 is 4.90 Å². The second-order valence-corrected chi connectivity index (χ2v) is 4.57. The number of hydrogen-bond donors (Lipinski definition) is 0. The van der Waals surface area contributed by atoms with Crippen molar-refractivity contribution in [3.8, 4) is 12.1 Å². The first-order valence-corrected chi connectivity index (χ1v) is 6.30. The van der Waals surface area contributed by atoms with Gasteiger partial charge >= 0.3 is 0 Å². The van der Waals surface area contributed by atoms with Crippen LogP contribution in [-0.2, 0) is 0 Å². The van der Waals surface area contributed by atoms with Crippen molar-refractivity contribution >= 4 is 5.91 Å². The lowest BCUT2D eigenvalue weighted by atomic mass is 10.2. The monoisotopic (exact) mass is 254 g/mol. The van der Waals surface area contributed by atoms with Gasteiger partial charge in [-0.1, -0.05) is 12.8 Å². The van der Waals surface area contributed by atoms with Crippen molar-refractivity contribution in [2.45, 2.75) is 31.7 Å². The lowest BCUT2D eigenvalue weighted by Crippen LogP contribution is -2.39. The van der Waals surface area contributed by atoms with E-state index >= 15 is 0 Å². The summed E-state index contributed by atoms with van der Waals surface area (Å²) >= 11 is 0. The minimum absolute atomic E-state index is 0.0885. The summed E-state index contributed by atoms with van der Waals surface area (Å²) in [5, 5.41) is 17.6. The molecule has 0 bridgehead atoms. The van der Waals surface area contributed by atoms with Crippen molar-refractivity contribution in [1.82, 2.24) is 9.88 Å². The second-order valence-electron chi connectivity index (χ2n) is 4.57. The number of pyridine rings is 1. The molecule has 1 aromatic rings. The Morgan fingerprint density at radius 1 is 1.37 bits per heavy atom. The molecule has 1 aliphatic carbocycles. The van der Waals surface area contributed by atoms with Crippen molar-refractivity contribution in [3.05, 3.63) is 29.6 Å². The van der Waals surface area contributed by atoms with Crippen LogP contribution in [0, 0.1) is 22.7 Å². The summed E-state index contributed by atoms with van der Waals surface area (Å²) in [6, 6.07) is 7.26. The average molecular weight is 254 g/mol. The third kappa shape index (κ3) is 2.89. The highest BCUT2D eigenvalue weighted by Gasteiger charge is 2.27. The standard InChI is InChI=1S/C14H14N4O/c15-7-8-18(12-3-1-2-4-12)14(19)13-6-5-11(9-16)10-17-13/h5-6,10,12H,1-4,8H2. The van der Waals surface area contributed by atoms with Crippen LogP contribution in [0.2, 0.25) is 0 Å². The van der Waals surface area contributed by atoms with Gasteiger partial charge in [-0.2, -0.15) is 10.5 Å². The maximum absolute atomic E-state index is 12.4. The molecule has 0 spiro atoms. The molecule has 1 aliphatic rings. The van der Waals surface area contributed by atoms with Gasteiger partial charge in [-0.3, -0.25) is 4.79 Å². The lowest BCUT2D eigenvalue weighted by molar-refractivity contribution is 0.0703. The summed E-state index contributed by atoms with van der Waals surface area (Å²) in [5.74, 6) is -0.224. The Morgan fingerprint density at radius 2 is 2.11 bits per heavy atom. The van der Waals surface area contributed by atoms with E-state index in [0.29, 0.717) is 11.3 Å². The van der Waals surface area contributed by atoms with Crippen molar-refractivity contribution in [2.24, 2.45) is 0 Å². The van der Waals surface area contributed by atoms with Crippen molar-refractivity contribution in [3.63, 3.8) is 0 Å². The van der Waals surface area contributed by atoms with Gasteiger partial charge in [-0.15, -0.1) is 0 Å². The number of amides is 1. The molecule has 0 saturated heterocycles. The van der Waals surface area contributed by atoms with Crippen LogP contribution >= 0.6 is 0 Å². The summed E-state index contributed by atoms with van der Waals surface area (Å²) in [4.78, 5) is 18.0. The molecule has 0 unspecified atom stereocenters. The molecular weight excluding hydrogens is 240 g/mol. The predicted octanol–water partition coefficient (Wildman–Crippen LogP) is 1.86. The maximum atomic E-state index is 12.4. The normalized spacial score (nSPS) is 14.6. The van der Waals surface area contributed by atoms with Crippen LogP contribution in [0.5, 0.6) is 0 Å². The third-order valence-corrected chi connectivity index (χ3v) is 3.38. The molecule has 1 fully saturated rings. The van der Waals surface area contributed by atoms with E-state index in [2.05, 4.69) is 4.98 Å². The molecule has 0 aromatic carbocycles. The van der Waals surface area contributed by atoms with Gasteiger partial charge in [0.1, 0.15) is 18.3 Å². The van der Waals surface area contributed by atoms with E-state index in [1.165, 1.54) is 6.20 Å². The zero-order valence-electron chi connectivity index (χ0n) is 10.5. The number of carbonyl (C=O) groups is 1. The first-order chi connectivity index (χ1) is 9.26. The van der Waals surface area contributed by atoms with E-state index in [0.717, 1.165) is 25.7 Å². The fraction of sp³-hybridized carbons (Fsp3) is 0.429. The van der Waals surface area contributed by atoms with Crippen molar-refractivity contribution in [1.29, 1.82) is 10.5 Å². The van der Waals surface area contributed by atoms with E-state index in [1.54, 1.807) is 17.0 Å². The minimum Gasteiger partial charge on any atom is -0.321 e. The van der Waals surface area contributed by atoms with Crippen LogP contribution in [-0.4, -0.2) is 28.4 Å². The topological polar surface area (TPSA) is 80.8 Å². The van der Waals surface area contributed by atoms with E-state index in [-0.39, 0.29) is 18.5 Å². The molecule has 0 aliphatic heterocycles. The molecule has 2 rings (SSSR count). The number of hydrogen-bond acceptors (Lipinski definition) is 4. The summed E-state index contributed by atoms with van der Waals surface area (Å²) in [5.41, 5.74) is 0.713. The predicted molar refractivity (Wildman–Crippen MR) is 67.9 cm³/mol. The molecule has 96 valence electrons. The SMILES string of the molecule is N#CCN(C(=O)c1ccc(C#N)cn1)C1CCCC1. The zero-order valence-corrected chi connectivity index (χ0v) is 10.5. The van der Waals surface area contributed by atoms with Crippen molar-refractivity contribution < 1.29 is 4.79 Å². The van der Waals surface area contributed by atoms with E-state index < -0.39 is 0 Å². The van der Waals surface area contributed by atoms with Crippen LogP contribution in [0.4, 0.5) is 0 Å². The van der Waals surface area contributed by atoms with Crippen LogP contribution in [0.25, 0.3) is 0 Å². The summed E-state index contributed by atoms with van der Waals surface area (Å²) in [7, 11) is 0. The minimum atomic E-state index is -0.224.